The number of thioether (sulfide) groups is 1. The molecule has 0 radical (unpaired) electrons. The van der Waals surface area contributed by atoms with Crippen LogP contribution in [0.25, 0.3) is 0 Å². The summed E-state index contributed by atoms with van der Waals surface area (Å²) in [6.07, 6.45) is -1.70. The summed E-state index contributed by atoms with van der Waals surface area (Å²) in [4.78, 5) is 32.3. The minimum Gasteiger partial charge on any atom is -0.497 e. The van der Waals surface area contributed by atoms with E-state index in [4.69, 9.17) is 13.9 Å². The molecule has 0 bridgehead atoms. The lowest BCUT2D eigenvalue weighted by Gasteiger charge is -2.55. The summed E-state index contributed by atoms with van der Waals surface area (Å²) in [7, 11) is -0.608. The van der Waals surface area contributed by atoms with Gasteiger partial charge in [-0.25, -0.2) is 4.79 Å². The van der Waals surface area contributed by atoms with E-state index in [0.29, 0.717) is 10.1 Å². The molecule has 1 fully saturated rings. The molecular weight excluding hydrogens is 792 g/mol. The highest BCUT2D eigenvalue weighted by atomic mass is 32.2. The number of amides is 1. The van der Waals surface area contributed by atoms with E-state index in [1.54, 1.807) is 29.7 Å². The number of nitriles is 1. The molecule has 1 aliphatic heterocycles. The van der Waals surface area contributed by atoms with Crippen molar-refractivity contribution in [3.8, 4) is 11.8 Å². The van der Waals surface area contributed by atoms with Crippen LogP contribution in [0.1, 0.15) is 18.9 Å². The Labute approximate surface area is 343 Å². The molecule has 296 valence electrons. The normalized spacial score (nSPS) is 17.1. The molecule has 0 unspecified atom stereocenters. The lowest BCUT2D eigenvalue weighted by Crippen LogP contribution is -2.72. The highest BCUT2D eigenvalue weighted by Crippen LogP contribution is 2.51. The number of aromatic nitrogens is 2. The van der Waals surface area contributed by atoms with E-state index in [-0.39, 0.29) is 30.1 Å². The lowest BCUT2D eigenvalue weighted by atomic mass is 9.73. The van der Waals surface area contributed by atoms with Gasteiger partial charge < -0.3 is 23.9 Å². The number of rotatable bonds is 17. The number of β-lactam (4-membered cyclic amide) rings is 1. The van der Waals surface area contributed by atoms with E-state index >= 15 is 9.59 Å². The number of hydrogen-bond donors (Lipinski definition) is 1. The van der Waals surface area contributed by atoms with Gasteiger partial charge in [0.2, 0.25) is 5.91 Å². The molecule has 0 spiro atoms. The molecule has 0 aliphatic carbocycles. The molecule has 0 saturated carbocycles. The minimum atomic E-state index is -3.28. The van der Waals surface area contributed by atoms with Crippen molar-refractivity contribution in [3.63, 3.8) is 0 Å². The number of benzene rings is 4. The number of esters is 1. The molecule has 5 atom stereocenters. The monoisotopic (exact) mass is 838 g/mol. The van der Waals surface area contributed by atoms with E-state index in [9.17, 15) is 10.4 Å². The van der Waals surface area contributed by atoms with E-state index in [2.05, 4.69) is 35.9 Å². The zero-order chi connectivity index (χ0) is 40.6. The third-order valence-electron chi connectivity index (χ3n) is 9.90. The fourth-order valence-corrected chi connectivity index (χ4v) is 14.7. The topological polar surface area (TPSA) is 135 Å². The van der Waals surface area contributed by atoms with Crippen LogP contribution in [0.2, 0.25) is 19.6 Å². The summed E-state index contributed by atoms with van der Waals surface area (Å²) < 4.78 is 18.9. The van der Waals surface area contributed by atoms with Crippen molar-refractivity contribution in [1.29, 1.82) is 5.26 Å². The van der Waals surface area contributed by atoms with Crippen LogP contribution >= 0.6 is 30.0 Å². The summed E-state index contributed by atoms with van der Waals surface area (Å²) in [5, 5.41) is 33.0. The summed E-state index contributed by atoms with van der Waals surface area (Å²) >= 11 is 2.70. The fourth-order valence-electron chi connectivity index (χ4n) is 7.54. The molecule has 57 heavy (non-hydrogen) atoms. The van der Waals surface area contributed by atoms with Crippen molar-refractivity contribution in [2.24, 2.45) is 11.8 Å². The van der Waals surface area contributed by atoms with Crippen LogP contribution in [0.3, 0.4) is 0 Å². The molecule has 1 amide bonds. The van der Waals surface area contributed by atoms with Gasteiger partial charge in [0.1, 0.15) is 23.3 Å². The molecule has 6 rings (SSSR count). The number of nitrogens with zero attached hydrogens (tertiary/aromatic N) is 4. The number of likely N-dealkylation sites (tertiary alicyclic amines) is 1. The van der Waals surface area contributed by atoms with Gasteiger partial charge >= 0.3 is 5.97 Å². The van der Waals surface area contributed by atoms with Crippen LogP contribution in [-0.2, 0) is 25.4 Å². The largest absolute Gasteiger partial charge is 0.497 e. The second-order valence-corrected chi connectivity index (χ2v) is 24.6. The second kappa shape index (κ2) is 18.8. The van der Waals surface area contributed by atoms with Crippen LogP contribution in [-0.4, -0.2) is 76.9 Å². The Kier molecular flexibility index (Phi) is 13.9. The van der Waals surface area contributed by atoms with Crippen molar-refractivity contribution in [2.75, 3.05) is 12.9 Å². The number of carbonyl (C=O) groups is 2. The van der Waals surface area contributed by atoms with Gasteiger partial charge in [-0.15, -0.1) is 10.2 Å². The lowest BCUT2D eigenvalue weighted by molar-refractivity contribution is -0.163. The molecule has 1 aromatic heterocycles. The molecule has 1 N–H and O–H groups in total. The maximum Gasteiger partial charge on any atom is 0.356 e. The fraction of sp³-hybridized carbons (Fsp3) is 0.302. The van der Waals surface area contributed by atoms with Gasteiger partial charge in [-0.1, -0.05) is 126 Å². The van der Waals surface area contributed by atoms with Crippen molar-refractivity contribution >= 4 is 71.5 Å². The third-order valence-corrected chi connectivity index (χ3v) is 17.2. The first kappa shape index (κ1) is 42.1. The van der Waals surface area contributed by atoms with E-state index in [0.717, 1.165) is 21.5 Å². The number of hydrogen-bond acceptors (Lipinski definition) is 11. The summed E-state index contributed by atoms with van der Waals surface area (Å²) in [6.45, 7) is 4.71. The SMILES string of the molecule is COc1ccc(COC(=O)C(N2C(=O)[C@H]([C@@H](C)O[Si](C)(C)C)[C@H]2[C@@H](CC#N)[C@H](O)CSc2nncs2)=P(c2ccccc2)(c2ccccc2)c2ccccc2)cc1. The van der Waals surface area contributed by atoms with Gasteiger partial charge in [-0.2, -0.15) is 5.26 Å². The maximum absolute atomic E-state index is 15.4. The Morgan fingerprint density at radius 3 is 1.98 bits per heavy atom. The smallest absolute Gasteiger partial charge is 0.356 e. The van der Waals surface area contributed by atoms with Crippen LogP contribution in [0.4, 0.5) is 0 Å². The maximum atomic E-state index is 15.4. The van der Waals surface area contributed by atoms with E-state index in [1.165, 1.54) is 23.1 Å². The van der Waals surface area contributed by atoms with Gasteiger partial charge in [0, 0.05) is 25.0 Å². The molecule has 10 nitrogen and oxygen atoms in total. The number of aliphatic hydroxyl groups excluding tert-OH is 1. The number of ether oxygens (including phenoxy) is 2. The standard InChI is InChI=1S/C43H47N4O6PS2Si/c1-30(53-57(3,4)5)38-39(36(25-26-44)37(48)28-55-43-46-45-29-56-43)47(40(38)49)41(42(50)52-27-31-21-23-32(51-2)24-22-31)54(33-15-9-6-10-16-33,34-17-11-7-12-18-34)35-19-13-8-14-20-35/h6-24,29-30,36-39,48H,25,27-28H2,1-5H3/t30-,36+,37-,38-,39-/m1/s1. The van der Waals surface area contributed by atoms with Crippen LogP contribution in [0.15, 0.2) is 125 Å². The average molecular weight is 839 g/mol. The third kappa shape index (κ3) is 9.28. The zero-order valence-corrected chi connectivity index (χ0v) is 36.1. The van der Waals surface area contributed by atoms with Gasteiger partial charge in [-0.05, 0) is 60.2 Å². The van der Waals surface area contributed by atoms with Crippen LogP contribution in [0, 0.1) is 23.2 Å². The Morgan fingerprint density at radius 1 is 0.947 bits per heavy atom. The second-order valence-electron chi connectivity index (χ2n) is 14.7. The summed E-state index contributed by atoms with van der Waals surface area (Å²) in [5.74, 6) is -1.64. The Balaban J connectivity index is 1.64. The molecule has 14 heteroatoms. The molecule has 5 aromatic rings. The summed E-state index contributed by atoms with van der Waals surface area (Å²) in [6, 6.07) is 38.1. The van der Waals surface area contributed by atoms with E-state index < -0.39 is 51.3 Å². The molecule has 1 aliphatic rings. The van der Waals surface area contributed by atoms with Gasteiger partial charge in [0.05, 0.1) is 37.3 Å². The Hall–Kier alpha value is -4.54. The Morgan fingerprint density at radius 2 is 1.51 bits per heavy atom. The van der Waals surface area contributed by atoms with Crippen LogP contribution in [0.5, 0.6) is 5.75 Å². The van der Waals surface area contributed by atoms with Crippen molar-refractivity contribution in [1.82, 2.24) is 15.1 Å². The number of carbonyl (C=O) groups excluding carboxylic acids is 2. The van der Waals surface area contributed by atoms with Crippen LogP contribution < -0.4 is 20.7 Å². The average Bonchev–Trinajstić information content (AvgIpc) is 3.75. The van der Waals surface area contributed by atoms with Gasteiger partial charge in [0.15, 0.2) is 12.7 Å². The zero-order valence-electron chi connectivity index (χ0n) is 32.6. The summed E-state index contributed by atoms with van der Waals surface area (Å²) in [5.41, 5.74) is 2.54. The quantitative estimate of drug-likeness (QED) is 0.0366. The van der Waals surface area contributed by atoms with Crippen molar-refractivity contribution in [3.05, 3.63) is 126 Å². The highest BCUT2D eigenvalue weighted by Gasteiger charge is 2.59. The van der Waals surface area contributed by atoms with Gasteiger partial charge in [-0.3, -0.25) is 4.79 Å². The minimum absolute atomic E-state index is 0.0707. The van der Waals surface area contributed by atoms with Gasteiger partial charge in [0.25, 0.3) is 0 Å². The van der Waals surface area contributed by atoms with Crippen molar-refractivity contribution in [2.45, 2.75) is 62.2 Å². The molecule has 2 heterocycles. The molecule has 1 saturated heterocycles. The highest BCUT2D eigenvalue weighted by molar-refractivity contribution is 8.01. The predicted octanol–water partition coefficient (Wildman–Crippen LogP) is 6.46. The Bertz CT molecular complexity index is 2100. The first-order valence-electron chi connectivity index (χ1n) is 18.7. The predicted molar refractivity (Wildman–Crippen MR) is 231 cm³/mol. The van der Waals surface area contributed by atoms with Crippen molar-refractivity contribution < 1.29 is 28.6 Å². The molecular formula is C43H47N4O6PS2Si. The molecule has 4 aromatic carbocycles. The number of aliphatic hydroxyl groups is 1. The first-order valence-corrected chi connectivity index (χ1v) is 25.7. The first-order chi connectivity index (χ1) is 27.5. The van der Waals surface area contributed by atoms with E-state index in [1.807, 2.05) is 110 Å². The number of methoxy groups -OCH3 is 1.